The predicted molar refractivity (Wildman–Crippen MR) is 110 cm³/mol. The van der Waals surface area contributed by atoms with Crippen LogP contribution in [0.4, 0.5) is 0 Å². The zero-order valence-electron chi connectivity index (χ0n) is 17.0. The molecule has 1 saturated heterocycles. The van der Waals surface area contributed by atoms with Crippen molar-refractivity contribution in [2.24, 2.45) is 11.8 Å². The third-order valence-corrected chi connectivity index (χ3v) is 6.62. The molecule has 1 aliphatic heterocycles. The van der Waals surface area contributed by atoms with Gasteiger partial charge in [-0.3, -0.25) is 0 Å². The maximum absolute atomic E-state index is 12.8. The number of esters is 1. The summed E-state index contributed by atoms with van der Waals surface area (Å²) in [5.74, 6) is 0.677. The van der Waals surface area contributed by atoms with Crippen molar-refractivity contribution >= 4 is 5.97 Å². The summed E-state index contributed by atoms with van der Waals surface area (Å²) in [4.78, 5) is 12.8. The molecule has 5 atom stereocenters. The molecule has 2 aromatic rings. The molecule has 2 fully saturated rings. The molecule has 3 nitrogen and oxygen atoms in total. The van der Waals surface area contributed by atoms with Gasteiger partial charge in [0.15, 0.2) is 6.10 Å². The Morgan fingerprint density at radius 3 is 2.32 bits per heavy atom. The van der Waals surface area contributed by atoms with E-state index in [1.165, 1.54) is 12.0 Å². The smallest absolute Gasteiger partial charge is 0.338 e. The van der Waals surface area contributed by atoms with E-state index in [2.05, 4.69) is 45.0 Å². The predicted octanol–water partition coefficient (Wildman–Crippen LogP) is 5.45. The van der Waals surface area contributed by atoms with Gasteiger partial charge < -0.3 is 9.47 Å². The maximum Gasteiger partial charge on any atom is 0.338 e. The Morgan fingerprint density at radius 1 is 1.00 bits per heavy atom. The second kappa shape index (κ2) is 7.71. The number of hydrogen-bond acceptors (Lipinski definition) is 3. The zero-order valence-corrected chi connectivity index (χ0v) is 17.0. The molecule has 0 aromatic heterocycles. The highest BCUT2D eigenvalue weighted by Gasteiger charge is 2.50. The second-order valence-corrected chi connectivity index (χ2v) is 8.98. The van der Waals surface area contributed by atoms with Gasteiger partial charge in [-0.1, -0.05) is 87.9 Å². The van der Waals surface area contributed by atoms with Crippen LogP contribution in [0.15, 0.2) is 60.7 Å². The lowest BCUT2D eigenvalue weighted by molar-refractivity contribution is -0.158. The van der Waals surface area contributed by atoms with Crippen molar-refractivity contribution in [3.05, 3.63) is 71.8 Å². The first-order valence-corrected chi connectivity index (χ1v) is 10.4. The van der Waals surface area contributed by atoms with Gasteiger partial charge in [-0.2, -0.15) is 0 Å². The molecule has 1 saturated carbocycles. The monoisotopic (exact) mass is 378 g/mol. The summed E-state index contributed by atoms with van der Waals surface area (Å²) in [7, 11) is 0. The van der Waals surface area contributed by atoms with Gasteiger partial charge in [0.2, 0.25) is 0 Å². The van der Waals surface area contributed by atoms with Crippen molar-refractivity contribution in [1.82, 2.24) is 0 Å². The van der Waals surface area contributed by atoms with Crippen molar-refractivity contribution in [1.29, 1.82) is 0 Å². The van der Waals surface area contributed by atoms with Crippen molar-refractivity contribution in [3.8, 4) is 0 Å². The summed E-state index contributed by atoms with van der Waals surface area (Å²) < 4.78 is 11.8. The van der Waals surface area contributed by atoms with Crippen molar-refractivity contribution in [3.63, 3.8) is 0 Å². The highest BCUT2D eigenvalue weighted by atomic mass is 16.6. The van der Waals surface area contributed by atoms with Crippen LogP contribution in [0, 0.1) is 11.8 Å². The Kier molecular flexibility index (Phi) is 5.29. The van der Waals surface area contributed by atoms with Gasteiger partial charge in [0.1, 0.15) is 12.2 Å². The van der Waals surface area contributed by atoms with Gasteiger partial charge in [0.25, 0.3) is 0 Å². The van der Waals surface area contributed by atoms with E-state index in [1.54, 1.807) is 0 Å². The number of epoxide rings is 1. The molecule has 2 unspecified atom stereocenters. The van der Waals surface area contributed by atoms with Crippen molar-refractivity contribution < 1.29 is 14.3 Å². The summed E-state index contributed by atoms with van der Waals surface area (Å²) in [5.41, 5.74) is 2.30. The molecule has 2 aliphatic rings. The first-order chi connectivity index (χ1) is 13.5. The van der Waals surface area contributed by atoms with Crippen LogP contribution in [0.5, 0.6) is 0 Å². The quantitative estimate of drug-likeness (QED) is 0.513. The lowest BCUT2D eigenvalue weighted by Gasteiger charge is -2.43. The van der Waals surface area contributed by atoms with Gasteiger partial charge in [-0.25, -0.2) is 4.79 Å². The van der Waals surface area contributed by atoms with Crippen molar-refractivity contribution in [2.75, 3.05) is 0 Å². The fourth-order valence-corrected chi connectivity index (χ4v) is 4.77. The number of rotatable bonds is 5. The number of hydrogen-bond donors (Lipinski definition) is 0. The van der Waals surface area contributed by atoms with Crippen LogP contribution < -0.4 is 0 Å². The molecule has 148 valence electrons. The fraction of sp³-hybridized carbons (Fsp3) is 0.480. The molecule has 0 radical (unpaired) electrons. The minimum absolute atomic E-state index is 0.0460. The Hall–Kier alpha value is -2.13. The summed E-state index contributed by atoms with van der Waals surface area (Å²) in [6, 6.07) is 20.5. The van der Waals surface area contributed by atoms with E-state index >= 15 is 0 Å². The van der Waals surface area contributed by atoms with Crippen LogP contribution in [0.2, 0.25) is 0 Å². The summed E-state index contributed by atoms with van der Waals surface area (Å²) in [6.07, 6.45) is 2.51. The molecule has 1 heterocycles. The maximum atomic E-state index is 12.8. The van der Waals surface area contributed by atoms with Gasteiger partial charge in [-0.15, -0.1) is 0 Å². The molecular weight excluding hydrogens is 348 g/mol. The summed E-state index contributed by atoms with van der Waals surface area (Å²) in [5, 5.41) is 0. The number of ether oxygens (including phenoxy) is 2. The van der Waals surface area contributed by atoms with E-state index in [9.17, 15) is 4.79 Å². The van der Waals surface area contributed by atoms with Gasteiger partial charge >= 0.3 is 5.97 Å². The van der Waals surface area contributed by atoms with Gasteiger partial charge in [-0.05, 0) is 35.3 Å². The molecule has 0 amide bonds. The zero-order chi connectivity index (χ0) is 19.7. The first kappa shape index (κ1) is 19.2. The lowest BCUT2D eigenvalue weighted by atomic mass is 9.64. The third kappa shape index (κ3) is 3.86. The Balaban J connectivity index is 1.47. The highest BCUT2D eigenvalue weighted by Crippen LogP contribution is 2.45. The molecule has 1 aliphatic carbocycles. The van der Waals surface area contributed by atoms with E-state index in [4.69, 9.17) is 9.47 Å². The van der Waals surface area contributed by atoms with E-state index in [0.29, 0.717) is 11.8 Å². The van der Waals surface area contributed by atoms with Crippen LogP contribution in [-0.4, -0.2) is 18.2 Å². The largest absolute Gasteiger partial charge is 0.460 e. The molecular formula is C25H30O3. The lowest BCUT2D eigenvalue weighted by Crippen LogP contribution is -2.44. The number of carbonyl (C=O) groups excluding carboxylic acids is 1. The van der Waals surface area contributed by atoms with Crippen LogP contribution in [0.25, 0.3) is 0 Å². The molecule has 0 bridgehead atoms. The van der Waals surface area contributed by atoms with E-state index in [0.717, 1.165) is 18.4 Å². The normalized spacial score (nSPS) is 29.9. The SMILES string of the molecule is C[C@@H]1CC[C@@H](C(C)(C)c2ccccc2)[C@H](OC(=O)C2OC2c2ccccc2)C1. The molecule has 3 heteroatoms. The van der Waals surface area contributed by atoms with Crippen LogP contribution in [-0.2, 0) is 19.7 Å². The molecule has 0 spiro atoms. The third-order valence-electron chi connectivity index (χ3n) is 6.62. The Morgan fingerprint density at radius 2 is 1.64 bits per heavy atom. The molecule has 2 aromatic carbocycles. The van der Waals surface area contributed by atoms with Crippen LogP contribution >= 0.6 is 0 Å². The molecule has 4 rings (SSSR count). The fourth-order valence-electron chi connectivity index (χ4n) is 4.77. The minimum atomic E-state index is -0.458. The summed E-state index contributed by atoms with van der Waals surface area (Å²) in [6.45, 7) is 6.82. The van der Waals surface area contributed by atoms with Crippen molar-refractivity contribution in [2.45, 2.75) is 63.8 Å². The average Bonchev–Trinajstić information content (AvgIpc) is 3.50. The highest BCUT2D eigenvalue weighted by molar-refractivity contribution is 5.78. The number of benzene rings is 2. The standard InChI is InChI=1S/C25H30O3/c1-17-14-15-20(25(2,3)19-12-8-5-9-13-19)21(16-17)27-24(26)23-22(28-23)18-10-6-4-7-11-18/h4-13,17,20-23H,14-16H2,1-3H3/t17-,20-,21-,22?,23?/m1/s1. The first-order valence-electron chi connectivity index (χ1n) is 10.4. The Labute approximate surface area is 168 Å². The second-order valence-electron chi connectivity index (χ2n) is 8.98. The van der Waals surface area contributed by atoms with Gasteiger partial charge in [0.05, 0.1) is 0 Å². The topological polar surface area (TPSA) is 38.8 Å². The van der Waals surface area contributed by atoms with Gasteiger partial charge in [0, 0.05) is 5.92 Å². The van der Waals surface area contributed by atoms with E-state index in [1.807, 2.05) is 36.4 Å². The number of carbonyl (C=O) groups is 1. The molecule has 0 N–H and O–H groups in total. The minimum Gasteiger partial charge on any atom is -0.460 e. The summed E-state index contributed by atoms with van der Waals surface area (Å²) >= 11 is 0. The van der Waals surface area contributed by atoms with E-state index in [-0.39, 0.29) is 23.6 Å². The van der Waals surface area contributed by atoms with Crippen LogP contribution in [0.3, 0.4) is 0 Å². The Bertz CT molecular complexity index is 799. The molecule has 28 heavy (non-hydrogen) atoms. The average molecular weight is 379 g/mol. The van der Waals surface area contributed by atoms with E-state index < -0.39 is 6.10 Å². The van der Waals surface area contributed by atoms with Crippen LogP contribution in [0.1, 0.15) is 57.3 Å².